The van der Waals surface area contributed by atoms with Crippen LogP contribution in [-0.4, -0.2) is 22.6 Å². The summed E-state index contributed by atoms with van der Waals surface area (Å²) in [5.41, 5.74) is 0.550. The summed E-state index contributed by atoms with van der Waals surface area (Å²) in [6, 6.07) is 9.43. The molecule has 22 heavy (non-hydrogen) atoms. The molecule has 1 aromatic carbocycles. The molecule has 2 rings (SSSR count). The molecule has 2 aromatic rings. The van der Waals surface area contributed by atoms with E-state index in [0.717, 1.165) is 6.42 Å². The van der Waals surface area contributed by atoms with Crippen LogP contribution in [0.1, 0.15) is 30.8 Å². The summed E-state index contributed by atoms with van der Waals surface area (Å²) in [5.74, 6) is 0.271. The first-order valence-corrected chi connectivity index (χ1v) is 7.19. The molecule has 1 aromatic heterocycles. The van der Waals surface area contributed by atoms with Crippen LogP contribution in [0.2, 0.25) is 0 Å². The van der Waals surface area contributed by atoms with Crippen molar-refractivity contribution >= 4 is 17.4 Å². The Kier molecular flexibility index (Phi) is 5.41. The van der Waals surface area contributed by atoms with E-state index in [9.17, 15) is 9.18 Å². The highest BCUT2D eigenvalue weighted by Crippen LogP contribution is 2.17. The predicted molar refractivity (Wildman–Crippen MR) is 83.5 cm³/mol. The standard InChI is InChI=1S/C16H19FN4O/c1-11(2)9-10-18-16(22)14-7-8-15(21-20-14)19-13-6-4-3-5-12(13)17/h3-8,11H,9-10H2,1-2H3,(H,18,22)(H,19,21). The number of aromatic nitrogens is 2. The molecule has 0 aliphatic heterocycles. The summed E-state index contributed by atoms with van der Waals surface area (Å²) in [5, 5.41) is 13.3. The molecule has 0 saturated carbocycles. The quantitative estimate of drug-likeness (QED) is 0.860. The molecule has 0 radical (unpaired) electrons. The van der Waals surface area contributed by atoms with Gasteiger partial charge in [0.1, 0.15) is 5.82 Å². The third-order valence-electron chi connectivity index (χ3n) is 3.04. The Bertz CT molecular complexity index is 628. The number of rotatable bonds is 6. The van der Waals surface area contributed by atoms with Crippen LogP contribution in [0.25, 0.3) is 0 Å². The molecule has 0 fully saturated rings. The van der Waals surface area contributed by atoms with Gasteiger partial charge in [-0.2, -0.15) is 0 Å². The van der Waals surface area contributed by atoms with E-state index in [1.807, 2.05) is 0 Å². The third kappa shape index (κ3) is 4.51. The minimum absolute atomic E-state index is 0.239. The van der Waals surface area contributed by atoms with Gasteiger partial charge in [0.15, 0.2) is 11.5 Å². The number of carbonyl (C=O) groups is 1. The fourth-order valence-electron chi connectivity index (χ4n) is 1.79. The van der Waals surface area contributed by atoms with Crippen molar-refractivity contribution in [3.63, 3.8) is 0 Å². The molecule has 0 aliphatic carbocycles. The molecule has 1 heterocycles. The number of anilines is 2. The molecule has 0 spiro atoms. The van der Waals surface area contributed by atoms with Crippen LogP contribution in [-0.2, 0) is 0 Å². The molecule has 0 bridgehead atoms. The SMILES string of the molecule is CC(C)CCNC(=O)c1ccc(Nc2ccccc2F)nn1. The van der Waals surface area contributed by atoms with E-state index in [1.54, 1.807) is 30.3 Å². The largest absolute Gasteiger partial charge is 0.351 e. The Morgan fingerprint density at radius 1 is 1.18 bits per heavy atom. The molecule has 0 unspecified atom stereocenters. The number of amides is 1. The summed E-state index contributed by atoms with van der Waals surface area (Å²) in [6.45, 7) is 4.79. The number of hydrogen-bond donors (Lipinski definition) is 2. The molecule has 1 amide bonds. The molecule has 5 nitrogen and oxygen atoms in total. The highest BCUT2D eigenvalue weighted by molar-refractivity contribution is 5.92. The molecule has 0 atom stereocenters. The number of nitrogens with one attached hydrogen (secondary N) is 2. The van der Waals surface area contributed by atoms with Gasteiger partial charge in [-0.05, 0) is 36.6 Å². The first-order chi connectivity index (χ1) is 10.6. The second-order valence-corrected chi connectivity index (χ2v) is 5.35. The highest BCUT2D eigenvalue weighted by Gasteiger charge is 2.08. The number of halogens is 1. The maximum Gasteiger partial charge on any atom is 0.271 e. The lowest BCUT2D eigenvalue weighted by Crippen LogP contribution is -2.26. The molecule has 6 heteroatoms. The van der Waals surface area contributed by atoms with Crippen LogP contribution in [0.5, 0.6) is 0 Å². The van der Waals surface area contributed by atoms with Gasteiger partial charge in [-0.3, -0.25) is 4.79 Å². The Hall–Kier alpha value is -2.50. The fourth-order valence-corrected chi connectivity index (χ4v) is 1.79. The first-order valence-electron chi connectivity index (χ1n) is 7.19. The minimum atomic E-state index is -0.375. The zero-order chi connectivity index (χ0) is 15.9. The molecule has 0 aliphatic rings. The average Bonchev–Trinajstić information content (AvgIpc) is 2.50. The van der Waals surface area contributed by atoms with Crippen molar-refractivity contribution in [2.75, 3.05) is 11.9 Å². The van der Waals surface area contributed by atoms with Crippen molar-refractivity contribution in [3.8, 4) is 0 Å². The summed E-state index contributed by atoms with van der Waals surface area (Å²) in [4.78, 5) is 11.9. The van der Waals surface area contributed by atoms with Gasteiger partial charge in [-0.15, -0.1) is 10.2 Å². The number of carbonyl (C=O) groups excluding carboxylic acids is 1. The van der Waals surface area contributed by atoms with Crippen molar-refractivity contribution in [2.24, 2.45) is 5.92 Å². The predicted octanol–water partition coefficient (Wildman–Crippen LogP) is 3.14. The molecular formula is C16H19FN4O. The normalized spacial score (nSPS) is 10.5. The van der Waals surface area contributed by atoms with Crippen LogP contribution in [0, 0.1) is 11.7 Å². The van der Waals surface area contributed by atoms with Crippen LogP contribution in [0.15, 0.2) is 36.4 Å². The summed E-state index contributed by atoms with van der Waals surface area (Å²) >= 11 is 0. The lowest BCUT2D eigenvalue weighted by Gasteiger charge is -2.08. The third-order valence-corrected chi connectivity index (χ3v) is 3.04. The molecule has 116 valence electrons. The first kappa shape index (κ1) is 15.9. The van der Waals surface area contributed by atoms with Gasteiger partial charge in [0.2, 0.25) is 0 Å². The minimum Gasteiger partial charge on any atom is -0.351 e. The van der Waals surface area contributed by atoms with E-state index in [2.05, 4.69) is 34.7 Å². The Morgan fingerprint density at radius 2 is 1.95 bits per heavy atom. The topological polar surface area (TPSA) is 66.9 Å². The summed E-state index contributed by atoms with van der Waals surface area (Å²) in [7, 11) is 0. The summed E-state index contributed by atoms with van der Waals surface area (Å²) < 4.78 is 13.5. The maximum atomic E-state index is 13.5. The monoisotopic (exact) mass is 302 g/mol. The van der Waals surface area contributed by atoms with E-state index in [0.29, 0.717) is 24.0 Å². The Labute approximate surface area is 129 Å². The van der Waals surface area contributed by atoms with E-state index in [-0.39, 0.29) is 17.4 Å². The van der Waals surface area contributed by atoms with Gasteiger partial charge in [0.05, 0.1) is 5.69 Å². The van der Waals surface area contributed by atoms with Crippen LogP contribution >= 0.6 is 0 Å². The Balaban J connectivity index is 1.95. The van der Waals surface area contributed by atoms with Crippen molar-refractivity contribution in [2.45, 2.75) is 20.3 Å². The van der Waals surface area contributed by atoms with Crippen LogP contribution in [0.3, 0.4) is 0 Å². The smallest absolute Gasteiger partial charge is 0.271 e. The number of hydrogen-bond acceptors (Lipinski definition) is 4. The van der Waals surface area contributed by atoms with Gasteiger partial charge >= 0.3 is 0 Å². The lowest BCUT2D eigenvalue weighted by molar-refractivity contribution is 0.0946. The zero-order valence-electron chi connectivity index (χ0n) is 12.6. The zero-order valence-corrected chi connectivity index (χ0v) is 12.6. The van der Waals surface area contributed by atoms with Crippen LogP contribution in [0.4, 0.5) is 15.9 Å². The van der Waals surface area contributed by atoms with Crippen molar-refractivity contribution in [1.29, 1.82) is 0 Å². The highest BCUT2D eigenvalue weighted by atomic mass is 19.1. The van der Waals surface area contributed by atoms with E-state index < -0.39 is 0 Å². The van der Waals surface area contributed by atoms with Crippen molar-refractivity contribution < 1.29 is 9.18 Å². The van der Waals surface area contributed by atoms with Crippen LogP contribution < -0.4 is 10.6 Å². The van der Waals surface area contributed by atoms with E-state index in [1.165, 1.54) is 6.07 Å². The molecule has 0 saturated heterocycles. The van der Waals surface area contributed by atoms with Gasteiger partial charge < -0.3 is 10.6 Å². The Morgan fingerprint density at radius 3 is 2.59 bits per heavy atom. The van der Waals surface area contributed by atoms with Gasteiger partial charge in [0.25, 0.3) is 5.91 Å². The number of para-hydroxylation sites is 1. The van der Waals surface area contributed by atoms with Crippen molar-refractivity contribution in [3.05, 3.63) is 47.9 Å². The second kappa shape index (κ2) is 7.49. The maximum absolute atomic E-state index is 13.5. The molecular weight excluding hydrogens is 283 g/mol. The van der Waals surface area contributed by atoms with Gasteiger partial charge in [0, 0.05) is 6.54 Å². The summed E-state index contributed by atoms with van der Waals surface area (Å²) in [6.07, 6.45) is 0.909. The number of nitrogens with zero attached hydrogens (tertiary/aromatic N) is 2. The van der Waals surface area contributed by atoms with E-state index in [4.69, 9.17) is 0 Å². The lowest BCUT2D eigenvalue weighted by atomic mass is 10.1. The van der Waals surface area contributed by atoms with Gasteiger partial charge in [-0.25, -0.2) is 4.39 Å². The number of benzene rings is 1. The van der Waals surface area contributed by atoms with E-state index >= 15 is 0 Å². The second-order valence-electron chi connectivity index (χ2n) is 5.35. The van der Waals surface area contributed by atoms with Gasteiger partial charge in [-0.1, -0.05) is 26.0 Å². The fraction of sp³-hybridized carbons (Fsp3) is 0.312. The molecule has 2 N–H and O–H groups in total. The average molecular weight is 302 g/mol. The van der Waals surface area contributed by atoms with Crippen molar-refractivity contribution in [1.82, 2.24) is 15.5 Å².